The maximum absolute atomic E-state index is 10.2. The van der Waals surface area contributed by atoms with Crippen LogP contribution in [0.2, 0.25) is 0 Å². The van der Waals surface area contributed by atoms with Crippen LogP contribution in [0.4, 0.5) is 0 Å². The fourth-order valence-electron chi connectivity index (χ4n) is 5.13. The third-order valence-corrected chi connectivity index (χ3v) is 7.65. The van der Waals surface area contributed by atoms with Crippen LogP contribution >= 0.6 is 0 Å². The average Bonchev–Trinajstić information content (AvgIpc) is 2.84. The monoisotopic (exact) mass is 483 g/mol. The van der Waals surface area contributed by atoms with Gasteiger partial charge in [0.15, 0.2) is 0 Å². The Morgan fingerprint density at radius 2 is 0.471 bits per heavy atom. The number of unbranched alkanes of at least 4 members (excludes halogenated alkanes) is 24. The molecule has 2 nitrogen and oxygen atoms in total. The Kier molecular flexibility index (Phi) is 29.1. The predicted octanol–water partition coefficient (Wildman–Crippen LogP) is 10.7. The minimum Gasteiger partial charge on any atom is -0.390 e. The van der Waals surface area contributed by atoms with Gasteiger partial charge in [0, 0.05) is 0 Å². The standard InChI is InChI=1S/C32H66O2/c1-3-5-7-9-11-13-15-16-17-18-20-22-24-26-28-30-32(34)31(33)29-27-25-23-21-19-14-12-10-8-6-4-2/h31-34H,3-30H2,1-2H3. The van der Waals surface area contributed by atoms with E-state index in [2.05, 4.69) is 13.8 Å². The fourth-order valence-corrected chi connectivity index (χ4v) is 5.13. The van der Waals surface area contributed by atoms with Crippen LogP contribution in [-0.2, 0) is 0 Å². The highest BCUT2D eigenvalue weighted by Gasteiger charge is 2.15. The molecule has 34 heavy (non-hydrogen) atoms. The van der Waals surface area contributed by atoms with Gasteiger partial charge in [0.2, 0.25) is 0 Å². The van der Waals surface area contributed by atoms with Gasteiger partial charge in [-0.15, -0.1) is 0 Å². The van der Waals surface area contributed by atoms with E-state index in [1.165, 1.54) is 154 Å². The van der Waals surface area contributed by atoms with Crippen molar-refractivity contribution >= 4 is 0 Å². The van der Waals surface area contributed by atoms with Crippen LogP contribution in [0, 0.1) is 0 Å². The van der Waals surface area contributed by atoms with Gasteiger partial charge in [0.05, 0.1) is 12.2 Å². The topological polar surface area (TPSA) is 40.5 Å². The molecule has 2 atom stereocenters. The van der Waals surface area contributed by atoms with Crippen LogP contribution in [0.5, 0.6) is 0 Å². The molecule has 2 unspecified atom stereocenters. The molecule has 0 aromatic carbocycles. The Hall–Kier alpha value is -0.0800. The molecule has 0 aromatic heterocycles. The van der Waals surface area contributed by atoms with Gasteiger partial charge >= 0.3 is 0 Å². The number of rotatable bonds is 29. The summed E-state index contributed by atoms with van der Waals surface area (Å²) in [7, 11) is 0. The van der Waals surface area contributed by atoms with Gasteiger partial charge in [-0.1, -0.05) is 181 Å². The van der Waals surface area contributed by atoms with E-state index in [0.717, 1.165) is 25.7 Å². The molecule has 0 aliphatic carbocycles. The molecule has 0 saturated carbocycles. The Morgan fingerprint density at radius 1 is 0.294 bits per heavy atom. The lowest BCUT2D eigenvalue weighted by Crippen LogP contribution is -2.25. The molecule has 0 amide bonds. The molecule has 0 radical (unpaired) electrons. The smallest absolute Gasteiger partial charge is 0.0799 e. The predicted molar refractivity (Wildman–Crippen MR) is 153 cm³/mol. The Labute approximate surface area is 216 Å². The van der Waals surface area contributed by atoms with Crippen molar-refractivity contribution in [2.75, 3.05) is 0 Å². The first kappa shape index (κ1) is 33.9. The van der Waals surface area contributed by atoms with Gasteiger partial charge in [-0.2, -0.15) is 0 Å². The summed E-state index contributed by atoms with van der Waals surface area (Å²) in [5.74, 6) is 0. The maximum atomic E-state index is 10.2. The van der Waals surface area contributed by atoms with Crippen LogP contribution in [0.15, 0.2) is 0 Å². The Morgan fingerprint density at radius 3 is 0.676 bits per heavy atom. The van der Waals surface area contributed by atoms with Crippen LogP contribution in [0.1, 0.15) is 194 Å². The second-order valence-corrected chi connectivity index (χ2v) is 11.2. The highest BCUT2D eigenvalue weighted by atomic mass is 16.3. The molecule has 0 fully saturated rings. The number of hydrogen-bond donors (Lipinski definition) is 2. The zero-order valence-electron chi connectivity index (χ0n) is 23.8. The Bertz CT molecular complexity index is 357. The highest BCUT2D eigenvalue weighted by Crippen LogP contribution is 2.17. The average molecular weight is 483 g/mol. The molecule has 0 heterocycles. The van der Waals surface area contributed by atoms with Crippen molar-refractivity contribution in [3.05, 3.63) is 0 Å². The third-order valence-electron chi connectivity index (χ3n) is 7.65. The number of aliphatic hydroxyl groups is 2. The summed E-state index contributed by atoms with van der Waals surface area (Å²) in [6.45, 7) is 4.56. The van der Waals surface area contributed by atoms with Gasteiger partial charge in [-0.05, 0) is 12.8 Å². The minimum absolute atomic E-state index is 0.509. The molecule has 2 N–H and O–H groups in total. The second-order valence-electron chi connectivity index (χ2n) is 11.2. The minimum atomic E-state index is -0.509. The lowest BCUT2D eigenvalue weighted by Gasteiger charge is -2.17. The largest absolute Gasteiger partial charge is 0.390 e. The first-order valence-electron chi connectivity index (χ1n) is 16.1. The van der Waals surface area contributed by atoms with E-state index in [0.29, 0.717) is 0 Å². The van der Waals surface area contributed by atoms with Crippen molar-refractivity contribution in [3.8, 4) is 0 Å². The van der Waals surface area contributed by atoms with Crippen molar-refractivity contribution in [3.63, 3.8) is 0 Å². The summed E-state index contributed by atoms with van der Waals surface area (Å²) >= 11 is 0. The molecule has 0 rings (SSSR count). The van der Waals surface area contributed by atoms with Gasteiger partial charge in [-0.3, -0.25) is 0 Å². The SMILES string of the molecule is CCCCCCCCCCCCCCCCCC(O)C(O)CCCCCCCCCCCCC. The zero-order valence-corrected chi connectivity index (χ0v) is 23.8. The quantitative estimate of drug-likeness (QED) is 0.104. The number of hydrogen-bond acceptors (Lipinski definition) is 2. The lowest BCUT2D eigenvalue weighted by molar-refractivity contribution is 0.00711. The van der Waals surface area contributed by atoms with Crippen LogP contribution in [0.3, 0.4) is 0 Å². The summed E-state index contributed by atoms with van der Waals surface area (Å²) in [5, 5.41) is 20.5. The van der Waals surface area contributed by atoms with Crippen molar-refractivity contribution in [1.29, 1.82) is 0 Å². The van der Waals surface area contributed by atoms with Crippen LogP contribution < -0.4 is 0 Å². The number of aliphatic hydroxyl groups excluding tert-OH is 2. The van der Waals surface area contributed by atoms with E-state index in [9.17, 15) is 10.2 Å². The third kappa shape index (κ3) is 26.5. The van der Waals surface area contributed by atoms with Crippen molar-refractivity contribution in [2.45, 2.75) is 206 Å². The van der Waals surface area contributed by atoms with Gasteiger partial charge in [0.25, 0.3) is 0 Å². The van der Waals surface area contributed by atoms with Gasteiger partial charge in [-0.25, -0.2) is 0 Å². The van der Waals surface area contributed by atoms with Crippen molar-refractivity contribution in [1.82, 2.24) is 0 Å². The fraction of sp³-hybridized carbons (Fsp3) is 1.00. The summed E-state index contributed by atoms with van der Waals surface area (Å²) in [4.78, 5) is 0. The summed E-state index contributed by atoms with van der Waals surface area (Å²) in [6, 6.07) is 0. The second kappa shape index (κ2) is 29.2. The molecule has 206 valence electrons. The first-order valence-corrected chi connectivity index (χ1v) is 16.1. The lowest BCUT2D eigenvalue weighted by atomic mass is 9.99. The van der Waals surface area contributed by atoms with Crippen molar-refractivity contribution in [2.24, 2.45) is 0 Å². The molecule has 0 aromatic rings. The first-order chi connectivity index (χ1) is 16.7. The molecule has 0 bridgehead atoms. The summed E-state index contributed by atoms with van der Waals surface area (Å²) in [6.07, 6.45) is 35.6. The van der Waals surface area contributed by atoms with Gasteiger partial charge < -0.3 is 10.2 Å². The molecule has 0 spiro atoms. The summed E-state index contributed by atoms with van der Waals surface area (Å²) in [5.41, 5.74) is 0. The normalized spacial score (nSPS) is 13.4. The molecule has 2 heteroatoms. The van der Waals surface area contributed by atoms with E-state index in [1.54, 1.807) is 0 Å². The summed E-state index contributed by atoms with van der Waals surface area (Å²) < 4.78 is 0. The van der Waals surface area contributed by atoms with E-state index < -0.39 is 12.2 Å². The molecular formula is C32H66O2. The molecule has 0 aliphatic heterocycles. The van der Waals surface area contributed by atoms with Crippen molar-refractivity contribution < 1.29 is 10.2 Å². The van der Waals surface area contributed by atoms with Gasteiger partial charge in [0.1, 0.15) is 0 Å². The van der Waals surface area contributed by atoms with E-state index in [4.69, 9.17) is 0 Å². The Balaban J connectivity index is 3.27. The van der Waals surface area contributed by atoms with E-state index in [1.807, 2.05) is 0 Å². The van der Waals surface area contributed by atoms with Crippen LogP contribution in [0.25, 0.3) is 0 Å². The maximum Gasteiger partial charge on any atom is 0.0799 e. The highest BCUT2D eigenvalue weighted by molar-refractivity contribution is 4.67. The van der Waals surface area contributed by atoms with E-state index in [-0.39, 0.29) is 0 Å². The van der Waals surface area contributed by atoms with E-state index >= 15 is 0 Å². The molecule has 0 saturated heterocycles. The zero-order chi connectivity index (χ0) is 25.0. The van der Waals surface area contributed by atoms with Crippen LogP contribution in [-0.4, -0.2) is 22.4 Å². The molecule has 0 aliphatic rings. The molecular weight excluding hydrogens is 416 g/mol.